The van der Waals surface area contributed by atoms with E-state index in [9.17, 15) is 9.90 Å². The third-order valence-electron chi connectivity index (χ3n) is 1.92. The molecule has 0 atom stereocenters. The summed E-state index contributed by atoms with van der Waals surface area (Å²) in [5.74, 6) is -0.0220. The van der Waals surface area contributed by atoms with Crippen LogP contribution in [0.4, 0.5) is 0 Å². The van der Waals surface area contributed by atoms with Gasteiger partial charge in [-0.15, -0.1) is 0 Å². The number of benzene rings is 1. The lowest BCUT2D eigenvalue weighted by molar-refractivity contribution is 0.480. The van der Waals surface area contributed by atoms with Gasteiger partial charge in [0.1, 0.15) is 11.1 Å². The number of phenolic OH excluding ortho intramolecular Hbond substituents is 1. The molecule has 0 unspecified atom stereocenters. The van der Waals surface area contributed by atoms with E-state index in [1.807, 2.05) is 0 Å². The molecule has 1 aromatic carbocycles. The number of hydrogen-bond donors (Lipinski definition) is 1. The minimum atomic E-state index is -0.233. The van der Waals surface area contributed by atoms with Crippen LogP contribution in [0.2, 0.25) is 0 Å². The van der Waals surface area contributed by atoms with E-state index in [-0.39, 0.29) is 16.7 Å². The monoisotopic (exact) mass is 176 g/mol. The number of hydrogen-bond acceptors (Lipinski definition) is 3. The Balaban J connectivity index is 3.06. The summed E-state index contributed by atoms with van der Waals surface area (Å²) in [6, 6.07) is 4.83. The topological polar surface area (TPSA) is 55.1 Å². The number of aryl methyl sites for hydroxylation is 1. The molecule has 0 aliphatic heterocycles. The zero-order chi connectivity index (χ0) is 9.42. The number of aromatic nitrogens is 2. The van der Waals surface area contributed by atoms with Gasteiger partial charge in [0.2, 0.25) is 0 Å². The lowest BCUT2D eigenvalue weighted by Gasteiger charge is -2.00. The molecule has 0 bridgehead atoms. The fraction of sp³-hybridized carbons (Fsp3) is 0.111. The van der Waals surface area contributed by atoms with Crippen LogP contribution in [0.25, 0.3) is 10.9 Å². The van der Waals surface area contributed by atoms with Crippen LogP contribution in [0.15, 0.2) is 29.3 Å². The van der Waals surface area contributed by atoms with Crippen molar-refractivity contribution in [3.8, 4) is 5.75 Å². The predicted octanol–water partition coefficient (Wildman–Crippen LogP) is 0.639. The maximum atomic E-state index is 11.5. The Kier molecular flexibility index (Phi) is 1.55. The normalized spacial score (nSPS) is 10.5. The summed E-state index contributed by atoms with van der Waals surface area (Å²) in [6.45, 7) is 0. The van der Waals surface area contributed by atoms with Crippen LogP contribution in [-0.4, -0.2) is 14.7 Å². The molecule has 4 nitrogen and oxygen atoms in total. The van der Waals surface area contributed by atoms with Crippen molar-refractivity contribution in [1.29, 1.82) is 0 Å². The molecule has 66 valence electrons. The van der Waals surface area contributed by atoms with Crippen molar-refractivity contribution >= 4 is 10.9 Å². The Labute approximate surface area is 74.1 Å². The van der Waals surface area contributed by atoms with Gasteiger partial charge in [-0.05, 0) is 12.1 Å². The van der Waals surface area contributed by atoms with E-state index in [1.54, 1.807) is 19.2 Å². The van der Waals surface area contributed by atoms with Crippen molar-refractivity contribution in [2.45, 2.75) is 0 Å². The highest BCUT2D eigenvalue weighted by atomic mass is 16.3. The molecule has 0 saturated heterocycles. The molecule has 4 heteroatoms. The lowest BCUT2D eigenvalue weighted by atomic mass is 10.2. The molecule has 0 radical (unpaired) electrons. The number of aromatic hydroxyl groups is 1. The zero-order valence-corrected chi connectivity index (χ0v) is 7.06. The van der Waals surface area contributed by atoms with Gasteiger partial charge in [-0.1, -0.05) is 6.07 Å². The third kappa shape index (κ3) is 1.07. The van der Waals surface area contributed by atoms with Gasteiger partial charge in [0.05, 0.1) is 11.8 Å². The van der Waals surface area contributed by atoms with E-state index in [2.05, 4.69) is 4.98 Å². The van der Waals surface area contributed by atoms with Crippen molar-refractivity contribution in [2.75, 3.05) is 0 Å². The van der Waals surface area contributed by atoms with Gasteiger partial charge in [-0.3, -0.25) is 4.79 Å². The molecule has 2 aromatic rings. The highest BCUT2D eigenvalue weighted by Crippen LogP contribution is 2.17. The molecule has 1 N–H and O–H groups in total. The summed E-state index contributed by atoms with van der Waals surface area (Å²) in [7, 11) is 1.60. The van der Waals surface area contributed by atoms with Crippen molar-refractivity contribution in [3.63, 3.8) is 0 Å². The Morgan fingerprint density at radius 1 is 1.46 bits per heavy atom. The van der Waals surface area contributed by atoms with Gasteiger partial charge in [-0.2, -0.15) is 0 Å². The Hall–Kier alpha value is -1.84. The number of fused-ring (bicyclic) bond motifs is 1. The molecule has 0 spiro atoms. The van der Waals surface area contributed by atoms with Gasteiger partial charge < -0.3 is 9.67 Å². The predicted molar refractivity (Wildman–Crippen MR) is 48.6 cm³/mol. The molecule has 13 heavy (non-hydrogen) atoms. The minimum Gasteiger partial charge on any atom is -0.507 e. The minimum absolute atomic E-state index is 0.0220. The quantitative estimate of drug-likeness (QED) is 0.640. The Morgan fingerprint density at radius 2 is 2.23 bits per heavy atom. The first-order chi connectivity index (χ1) is 6.20. The zero-order valence-electron chi connectivity index (χ0n) is 7.06. The van der Waals surface area contributed by atoms with Gasteiger partial charge in [0, 0.05) is 7.05 Å². The molecule has 0 amide bonds. The molecule has 0 fully saturated rings. The first-order valence-corrected chi connectivity index (χ1v) is 3.83. The molecular formula is C9H8N2O2. The van der Waals surface area contributed by atoms with Gasteiger partial charge in [0.25, 0.3) is 5.56 Å². The van der Waals surface area contributed by atoms with E-state index in [1.165, 1.54) is 17.0 Å². The van der Waals surface area contributed by atoms with Crippen molar-refractivity contribution in [1.82, 2.24) is 9.55 Å². The summed E-state index contributed by atoms with van der Waals surface area (Å²) in [5.41, 5.74) is 0.284. The van der Waals surface area contributed by atoms with Gasteiger partial charge in [-0.25, -0.2) is 4.98 Å². The molecule has 0 saturated carbocycles. The first-order valence-electron chi connectivity index (χ1n) is 3.83. The summed E-state index contributed by atoms with van der Waals surface area (Å²) in [5, 5.41) is 9.69. The smallest absolute Gasteiger partial charge is 0.264 e. The van der Waals surface area contributed by atoms with Crippen LogP contribution < -0.4 is 5.56 Å². The Morgan fingerprint density at radius 3 is 3.00 bits per heavy atom. The van der Waals surface area contributed by atoms with Crippen LogP contribution in [0, 0.1) is 0 Å². The average molecular weight is 176 g/mol. The SMILES string of the molecule is Cn1cnc2cccc(O)c2c1=O. The molecule has 2 rings (SSSR count). The van der Waals surface area contributed by atoms with Gasteiger partial charge >= 0.3 is 0 Å². The highest BCUT2D eigenvalue weighted by Gasteiger charge is 2.05. The molecule has 0 aliphatic rings. The molecule has 1 aromatic heterocycles. The summed E-state index contributed by atoms with van der Waals surface area (Å²) in [4.78, 5) is 15.5. The second-order valence-corrected chi connectivity index (χ2v) is 2.83. The molecule has 1 heterocycles. The van der Waals surface area contributed by atoms with E-state index < -0.39 is 0 Å². The van der Waals surface area contributed by atoms with E-state index >= 15 is 0 Å². The van der Waals surface area contributed by atoms with Gasteiger partial charge in [0.15, 0.2) is 0 Å². The maximum Gasteiger partial charge on any atom is 0.264 e. The Bertz CT molecular complexity index is 516. The fourth-order valence-corrected chi connectivity index (χ4v) is 1.23. The van der Waals surface area contributed by atoms with Crippen molar-refractivity contribution in [3.05, 3.63) is 34.9 Å². The number of rotatable bonds is 0. The van der Waals surface area contributed by atoms with Crippen molar-refractivity contribution in [2.24, 2.45) is 7.05 Å². The summed E-state index contributed by atoms with van der Waals surface area (Å²) < 4.78 is 1.34. The lowest BCUT2D eigenvalue weighted by Crippen LogP contribution is -2.16. The van der Waals surface area contributed by atoms with E-state index in [0.717, 1.165) is 0 Å². The van der Waals surface area contributed by atoms with E-state index in [0.29, 0.717) is 5.52 Å². The number of nitrogens with zero attached hydrogens (tertiary/aromatic N) is 2. The second-order valence-electron chi connectivity index (χ2n) is 2.83. The molecule has 0 aliphatic carbocycles. The van der Waals surface area contributed by atoms with E-state index in [4.69, 9.17) is 0 Å². The van der Waals surface area contributed by atoms with Crippen LogP contribution in [0.1, 0.15) is 0 Å². The first kappa shape index (κ1) is 7.79. The standard InChI is InChI=1S/C9H8N2O2/c1-11-5-10-6-3-2-4-7(12)8(6)9(11)13/h2-5,12H,1H3. The average Bonchev–Trinajstić information content (AvgIpc) is 2.12. The summed E-state index contributed by atoms with van der Waals surface area (Å²) in [6.07, 6.45) is 1.43. The number of phenols is 1. The van der Waals surface area contributed by atoms with Crippen LogP contribution >= 0.6 is 0 Å². The largest absolute Gasteiger partial charge is 0.507 e. The molecular weight excluding hydrogens is 168 g/mol. The maximum absolute atomic E-state index is 11.5. The van der Waals surface area contributed by atoms with Crippen LogP contribution in [-0.2, 0) is 7.05 Å². The second kappa shape index (κ2) is 2.58. The summed E-state index contributed by atoms with van der Waals surface area (Å²) >= 11 is 0. The fourth-order valence-electron chi connectivity index (χ4n) is 1.23. The third-order valence-corrected chi connectivity index (χ3v) is 1.92. The van der Waals surface area contributed by atoms with Crippen LogP contribution in [0.3, 0.4) is 0 Å². The van der Waals surface area contributed by atoms with Crippen LogP contribution in [0.5, 0.6) is 5.75 Å². The highest BCUT2D eigenvalue weighted by molar-refractivity contribution is 5.83. The van der Waals surface area contributed by atoms with Crippen molar-refractivity contribution < 1.29 is 5.11 Å².